The van der Waals surface area contributed by atoms with Crippen LogP contribution in [-0.4, -0.2) is 0 Å². The molecule has 1 aliphatic rings. The zero-order chi connectivity index (χ0) is 33.7. The second kappa shape index (κ2) is 12.1. The van der Waals surface area contributed by atoms with Gasteiger partial charge in [-0.3, -0.25) is 0 Å². The summed E-state index contributed by atoms with van der Waals surface area (Å²) in [5.74, 6) is 0. The molecule has 1 aliphatic carbocycles. The Morgan fingerprint density at radius 2 is 0.860 bits per heavy atom. The Labute approximate surface area is 294 Å². The minimum atomic E-state index is -0.0953. The number of hydrogen-bond acceptors (Lipinski definition) is 1. The Hall–Kier alpha value is -6.18. The topological polar surface area (TPSA) is 3.24 Å². The summed E-state index contributed by atoms with van der Waals surface area (Å²) < 4.78 is 0. The summed E-state index contributed by atoms with van der Waals surface area (Å²) in [4.78, 5) is 2.44. The van der Waals surface area contributed by atoms with Crippen LogP contribution in [0.3, 0.4) is 0 Å². The van der Waals surface area contributed by atoms with Gasteiger partial charge in [0.1, 0.15) is 0 Å². The molecular weight excluding hydrogens is 603 g/mol. The van der Waals surface area contributed by atoms with Gasteiger partial charge in [0.2, 0.25) is 0 Å². The van der Waals surface area contributed by atoms with E-state index in [0.29, 0.717) is 0 Å². The minimum absolute atomic E-state index is 0.0953. The van der Waals surface area contributed by atoms with Gasteiger partial charge in [0.15, 0.2) is 0 Å². The van der Waals surface area contributed by atoms with Crippen LogP contribution in [0.1, 0.15) is 25.0 Å². The highest BCUT2D eigenvalue weighted by Crippen LogP contribution is 2.52. The summed E-state index contributed by atoms with van der Waals surface area (Å²) in [6.45, 7) is 4.73. The number of para-hydroxylation sites is 1. The fraction of sp³-hybridized carbons (Fsp3) is 0.0612. The van der Waals surface area contributed by atoms with Gasteiger partial charge in [-0.1, -0.05) is 159 Å². The third-order valence-corrected chi connectivity index (χ3v) is 10.5. The highest BCUT2D eigenvalue weighted by atomic mass is 15.1. The molecule has 9 rings (SSSR count). The number of fused-ring (bicyclic) bond motifs is 4. The van der Waals surface area contributed by atoms with Crippen LogP contribution in [0, 0.1) is 0 Å². The van der Waals surface area contributed by atoms with Gasteiger partial charge < -0.3 is 4.90 Å². The Morgan fingerprint density at radius 3 is 1.58 bits per heavy atom. The van der Waals surface area contributed by atoms with Crippen molar-refractivity contribution < 1.29 is 0 Å². The van der Waals surface area contributed by atoms with Gasteiger partial charge in [0.05, 0.1) is 5.69 Å². The first-order valence-corrected chi connectivity index (χ1v) is 17.4. The zero-order valence-electron chi connectivity index (χ0n) is 28.3. The normalized spacial score (nSPS) is 12.8. The van der Waals surface area contributed by atoms with E-state index in [2.05, 4.69) is 207 Å². The highest BCUT2D eigenvalue weighted by molar-refractivity contribution is 5.97. The van der Waals surface area contributed by atoms with Crippen LogP contribution in [-0.2, 0) is 5.41 Å². The van der Waals surface area contributed by atoms with E-state index < -0.39 is 0 Å². The summed E-state index contributed by atoms with van der Waals surface area (Å²) in [7, 11) is 0. The van der Waals surface area contributed by atoms with Crippen molar-refractivity contribution in [2.45, 2.75) is 19.3 Å². The number of benzene rings is 8. The molecule has 0 fully saturated rings. The summed E-state index contributed by atoms with van der Waals surface area (Å²) in [6, 6.07) is 68.6. The van der Waals surface area contributed by atoms with Gasteiger partial charge in [-0.15, -0.1) is 0 Å². The van der Waals surface area contributed by atoms with E-state index in [9.17, 15) is 0 Å². The molecule has 0 bridgehead atoms. The van der Waals surface area contributed by atoms with E-state index in [1.807, 2.05) is 0 Å². The molecule has 0 saturated carbocycles. The number of hydrogen-bond donors (Lipinski definition) is 0. The first kappa shape index (κ1) is 29.9. The Bertz CT molecular complexity index is 2490. The molecule has 0 aliphatic heterocycles. The molecule has 0 aromatic heterocycles. The average Bonchev–Trinajstić information content (AvgIpc) is 3.39. The van der Waals surface area contributed by atoms with Crippen molar-refractivity contribution in [1.29, 1.82) is 0 Å². The van der Waals surface area contributed by atoms with E-state index >= 15 is 0 Å². The monoisotopic (exact) mass is 639 g/mol. The fourth-order valence-electron chi connectivity index (χ4n) is 7.91. The molecule has 0 radical (unpaired) electrons. The summed E-state index contributed by atoms with van der Waals surface area (Å²) in [6.07, 6.45) is 0. The zero-order valence-corrected chi connectivity index (χ0v) is 28.3. The molecule has 1 heteroatoms. The van der Waals surface area contributed by atoms with Crippen molar-refractivity contribution in [3.63, 3.8) is 0 Å². The molecule has 50 heavy (non-hydrogen) atoms. The van der Waals surface area contributed by atoms with Crippen LogP contribution in [0.15, 0.2) is 188 Å². The molecule has 0 heterocycles. The molecule has 0 unspecified atom stereocenters. The van der Waals surface area contributed by atoms with Crippen LogP contribution in [0.5, 0.6) is 0 Å². The third kappa shape index (κ3) is 5.02. The summed E-state index contributed by atoms with van der Waals surface area (Å²) >= 11 is 0. The van der Waals surface area contributed by atoms with Gasteiger partial charge in [-0.25, -0.2) is 0 Å². The molecule has 0 N–H and O–H groups in total. The number of rotatable bonds is 6. The standard InChI is InChI=1S/C49H37N/c1-49(2)46-30-29-40(33-45(46)44-31-37-19-9-10-20-38(37)32-47(44)49)50(39-27-25-35(26-28-39)34-15-5-3-6-16-34)48-24-14-13-23-43(48)42-22-12-11-21-41(42)36-17-7-4-8-18-36/h3-33H,1-2H3. The molecule has 0 saturated heterocycles. The predicted octanol–water partition coefficient (Wildman–Crippen LogP) is 13.6. The Kier molecular flexibility index (Phi) is 7.21. The maximum atomic E-state index is 2.44. The van der Waals surface area contributed by atoms with Gasteiger partial charge in [-0.2, -0.15) is 0 Å². The maximum absolute atomic E-state index is 2.44. The van der Waals surface area contributed by atoms with E-state index in [1.54, 1.807) is 0 Å². The molecule has 238 valence electrons. The van der Waals surface area contributed by atoms with E-state index in [0.717, 1.165) is 17.1 Å². The lowest BCUT2D eigenvalue weighted by atomic mass is 9.82. The molecular formula is C49H37N. The van der Waals surface area contributed by atoms with Crippen LogP contribution >= 0.6 is 0 Å². The Morgan fingerprint density at radius 1 is 0.340 bits per heavy atom. The van der Waals surface area contributed by atoms with Crippen LogP contribution < -0.4 is 4.90 Å². The summed E-state index contributed by atoms with van der Waals surface area (Å²) in [5.41, 5.74) is 15.9. The van der Waals surface area contributed by atoms with Crippen molar-refractivity contribution in [3.05, 3.63) is 199 Å². The van der Waals surface area contributed by atoms with E-state index in [4.69, 9.17) is 0 Å². The van der Waals surface area contributed by atoms with Gasteiger partial charge in [-0.05, 0) is 103 Å². The van der Waals surface area contributed by atoms with Crippen molar-refractivity contribution in [3.8, 4) is 44.5 Å². The van der Waals surface area contributed by atoms with Gasteiger partial charge in [0, 0.05) is 22.4 Å². The van der Waals surface area contributed by atoms with Crippen molar-refractivity contribution in [1.82, 2.24) is 0 Å². The molecule has 8 aromatic carbocycles. The van der Waals surface area contributed by atoms with Gasteiger partial charge >= 0.3 is 0 Å². The van der Waals surface area contributed by atoms with Crippen molar-refractivity contribution in [2.24, 2.45) is 0 Å². The van der Waals surface area contributed by atoms with Crippen molar-refractivity contribution in [2.75, 3.05) is 4.90 Å². The largest absolute Gasteiger partial charge is 0.310 e. The lowest BCUT2D eigenvalue weighted by Crippen LogP contribution is -2.15. The first-order valence-electron chi connectivity index (χ1n) is 17.4. The molecule has 0 amide bonds. The quantitative estimate of drug-likeness (QED) is 0.175. The first-order chi connectivity index (χ1) is 24.6. The molecule has 1 nitrogen and oxygen atoms in total. The molecule has 0 spiro atoms. The second-order valence-electron chi connectivity index (χ2n) is 13.8. The smallest absolute Gasteiger partial charge is 0.0540 e. The Balaban J connectivity index is 1.26. The SMILES string of the molecule is CC1(C)c2ccc(N(c3ccc(-c4ccccc4)cc3)c3ccccc3-c3ccccc3-c3ccccc3)cc2-c2cc3ccccc3cc21. The predicted molar refractivity (Wildman–Crippen MR) is 213 cm³/mol. The second-order valence-corrected chi connectivity index (χ2v) is 13.8. The highest BCUT2D eigenvalue weighted by Gasteiger charge is 2.36. The van der Waals surface area contributed by atoms with E-state index in [1.165, 1.54) is 66.4 Å². The molecule has 8 aromatic rings. The fourth-order valence-corrected chi connectivity index (χ4v) is 7.91. The summed E-state index contributed by atoms with van der Waals surface area (Å²) in [5, 5.41) is 2.56. The number of nitrogens with zero attached hydrogens (tertiary/aromatic N) is 1. The van der Waals surface area contributed by atoms with Crippen molar-refractivity contribution >= 4 is 27.8 Å². The molecule has 0 atom stereocenters. The van der Waals surface area contributed by atoms with Crippen LogP contribution in [0.25, 0.3) is 55.3 Å². The maximum Gasteiger partial charge on any atom is 0.0540 e. The lowest BCUT2D eigenvalue weighted by molar-refractivity contribution is 0.661. The average molecular weight is 640 g/mol. The van der Waals surface area contributed by atoms with Crippen LogP contribution in [0.2, 0.25) is 0 Å². The number of anilines is 3. The third-order valence-electron chi connectivity index (χ3n) is 10.5. The lowest BCUT2D eigenvalue weighted by Gasteiger charge is -2.29. The van der Waals surface area contributed by atoms with Gasteiger partial charge in [0.25, 0.3) is 0 Å². The van der Waals surface area contributed by atoms with E-state index in [-0.39, 0.29) is 5.41 Å². The van der Waals surface area contributed by atoms with Crippen LogP contribution in [0.4, 0.5) is 17.1 Å². The minimum Gasteiger partial charge on any atom is -0.310 e.